The summed E-state index contributed by atoms with van der Waals surface area (Å²) >= 11 is 1.69. The van der Waals surface area contributed by atoms with Gasteiger partial charge in [0.25, 0.3) is 0 Å². The molecule has 1 aliphatic rings. The fraction of sp³-hybridized carbons (Fsp3) is 0.438. The van der Waals surface area contributed by atoms with Crippen LogP contribution in [0.1, 0.15) is 36.2 Å². The Morgan fingerprint density at radius 3 is 2.62 bits per heavy atom. The molecule has 5 heteroatoms. The smallest absolute Gasteiger partial charge is 0.161 e. The molecule has 21 heavy (non-hydrogen) atoms. The van der Waals surface area contributed by atoms with E-state index in [1.54, 1.807) is 11.3 Å². The van der Waals surface area contributed by atoms with E-state index in [9.17, 15) is 0 Å². The van der Waals surface area contributed by atoms with Crippen molar-refractivity contribution in [1.29, 1.82) is 0 Å². The Labute approximate surface area is 129 Å². The molecule has 112 valence electrons. The molecule has 1 aromatic heterocycles. The number of aryl methyl sites for hydroxylation is 1. The molecule has 0 radical (unpaired) electrons. The minimum atomic E-state index is 0.0829. The molecule has 0 saturated carbocycles. The summed E-state index contributed by atoms with van der Waals surface area (Å²) in [6.45, 7) is 7.54. The lowest BCUT2D eigenvalue weighted by molar-refractivity contribution is 0.171. The number of aromatic nitrogens is 1. The molecule has 3 rings (SSSR count). The molecule has 1 aromatic carbocycles. The second kappa shape index (κ2) is 6.03. The number of fused-ring (bicyclic) bond motifs is 1. The van der Waals surface area contributed by atoms with Gasteiger partial charge in [0.15, 0.2) is 11.5 Å². The van der Waals surface area contributed by atoms with E-state index >= 15 is 0 Å². The third kappa shape index (κ3) is 3.19. The maximum absolute atomic E-state index is 5.69. The number of hydrogen-bond donors (Lipinski definition) is 1. The number of nitrogens with zero attached hydrogens (tertiary/aromatic N) is 1. The fourth-order valence-corrected chi connectivity index (χ4v) is 3.27. The molecule has 2 heterocycles. The molecule has 1 atom stereocenters. The summed E-state index contributed by atoms with van der Waals surface area (Å²) < 4.78 is 11.3. The van der Waals surface area contributed by atoms with Gasteiger partial charge >= 0.3 is 0 Å². The van der Waals surface area contributed by atoms with Gasteiger partial charge in [-0.3, -0.25) is 0 Å². The molecule has 4 nitrogen and oxygen atoms in total. The second-order valence-corrected chi connectivity index (χ2v) is 6.37. The molecule has 0 spiro atoms. The Hall–Kier alpha value is -1.59. The van der Waals surface area contributed by atoms with Crippen molar-refractivity contribution < 1.29 is 9.47 Å². The summed E-state index contributed by atoms with van der Waals surface area (Å²) in [5, 5.41) is 6.75. The topological polar surface area (TPSA) is 43.4 Å². The molecular weight excluding hydrogens is 284 g/mol. The highest BCUT2D eigenvalue weighted by Gasteiger charge is 2.21. The number of ether oxygens (including phenoxy) is 2. The quantitative estimate of drug-likeness (QED) is 0.941. The van der Waals surface area contributed by atoms with Gasteiger partial charge in [-0.25, -0.2) is 4.98 Å². The van der Waals surface area contributed by atoms with Crippen molar-refractivity contribution in [2.45, 2.75) is 32.9 Å². The van der Waals surface area contributed by atoms with Gasteiger partial charge in [0.2, 0.25) is 0 Å². The van der Waals surface area contributed by atoms with Crippen molar-refractivity contribution in [3.05, 3.63) is 39.8 Å². The van der Waals surface area contributed by atoms with Crippen LogP contribution < -0.4 is 14.8 Å². The van der Waals surface area contributed by atoms with Crippen LogP contribution in [0.4, 0.5) is 0 Å². The van der Waals surface area contributed by atoms with Crippen LogP contribution >= 0.6 is 11.3 Å². The van der Waals surface area contributed by atoms with Gasteiger partial charge in [0.05, 0.1) is 6.04 Å². The summed E-state index contributed by atoms with van der Waals surface area (Å²) in [6.07, 6.45) is 0. The number of thiazole rings is 1. The van der Waals surface area contributed by atoms with Crippen LogP contribution in [0.15, 0.2) is 23.6 Å². The zero-order valence-electron chi connectivity index (χ0n) is 12.6. The van der Waals surface area contributed by atoms with Crippen LogP contribution in [-0.4, -0.2) is 24.2 Å². The van der Waals surface area contributed by atoms with E-state index in [0.29, 0.717) is 19.3 Å². The second-order valence-electron chi connectivity index (χ2n) is 5.48. The Balaban J connectivity index is 1.96. The summed E-state index contributed by atoms with van der Waals surface area (Å²) in [5.41, 5.74) is 2.21. The Morgan fingerprint density at radius 2 is 1.95 bits per heavy atom. The van der Waals surface area contributed by atoms with E-state index in [1.165, 1.54) is 0 Å². The van der Waals surface area contributed by atoms with Gasteiger partial charge in [-0.15, -0.1) is 11.3 Å². The number of rotatable bonds is 4. The summed E-state index contributed by atoms with van der Waals surface area (Å²) in [6, 6.07) is 6.58. The van der Waals surface area contributed by atoms with E-state index in [4.69, 9.17) is 9.47 Å². The lowest BCUT2D eigenvalue weighted by Gasteiger charge is -2.23. The van der Waals surface area contributed by atoms with Crippen LogP contribution in [0.2, 0.25) is 0 Å². The van der Waals surface area contributed by atoms with Gasteiger partial charge in [-0.05, 0) is 38.5 Å². The van der Waals surface area contributed by atoms with Crippen LogP contribution in [-0.2, 0) is 0 Å². The predicted octanol–water partition coefficient (Wildman–Crippen LogP) is 3.31. The molecule has 0 amide bonds. The maximum atomic E-state index is 5.69. The van der Waals surface area contributed by atoms with Gasteiger partial charge in [0, 0.05) is 17.1 Å². The third-order valence-electron chi connectivity index (χ3n) is 3.28. The highest BCUT2D eigenvalue weighted by molar-refractivity contribution is 7.09. The highest BCUT2D eigenvalue weighted by atomic mass is 32.1. The average Bonchev–Trinajstić information content (AvgIpc) is 2.90. The summed E-state index contributed by atoms with van der Waals surface area (Å²) in [5.74, 6) is 1.64. The van der Waals surface area contributed by atoms with Crippen LogP contribution in [0.3, 0.4) is 0 Å². The van der Waals surface area contributed by atoms with Crippen LogP contribution in [0, 0.1) is 6.92 Å². The molecule has 0 saturated heterocycles. The van der Waals surface area contributed by atoms with E-state index < -0.39 is 0 Å². The molecule has 0 bridgehead atoms. The molecule has 1 unspecified atom stereocenters. The van der Waals surface area contributed by atoms with E-state index in [-0.39, 0.29) is 6.04 Å². The maximum Gasteiger partial charge on any atom is 0.161 e. The van der Waals surface area contributed by atoms with Gasteiger partial charge in [-0.1, -0.05) is 6.07 Å². The first-order valence-corrected chi connectivity index (χ1v) is 8.09. The first-order chi connectivity index (χ1) is 10.1. The Morgan fingerprint density at radius 1 is 1.19 bits per heavy atom. The standard InChI is InChI=1S/C16H20N2O2S/c1-10(2)17-15(16-18-11(3)9-21-16)12-4-5-13-14(8-12)20-7-6-19-13/h4-5,8-10,15,17H,6-7H2,1-3H3. The minimum Gasteiger partial charge on any atom is -0.486 e. The molecular formula is C16H20N2O2S. The Bertz CT molecular complexity index is 624. The van der Waals surface area contributed by atoms with Crippen molar-refractivity contribution in [1.82, 2.24) is 10.3 Å². The number of benzene rings is 1. The van der Waals surface area contributed by atoms with E-state index in [0.717, 1.165) is 27.8 Å². The predicted molar refractivity (Wildman–Crippen MR) is 84.4 cm³/mol. The normalized spacial score (nSPS) is 15.2. The first-order valence-electron chi connectivity index (χ1n) is 7.21. The summed E-state index contributed by atoms with van der Waals surface area (Å²) in [4.78, 5) is 4.64. The third-order valence-corrected chi connectivity index (χ3v) is 4.31. The van der Waals surface area contributed by atoms with Crippen molar-refractivity contribution in [2.75, 3.05) is 13.2 Å². The van der Waals surface area contributed by atoms with Gasteiger partial charge in [-0.2, -0.15) is 0 Å². The molecule has 2 aromatic rings. The largest absolute Gasteiger partial charge is 0.486 e. The monoisotopic (exact) mass is 304 g/mol. The fourth-order valence-electron chi connectivity index (χ4n) is 2.39. The van der Waals surface area contributed by atoms with E-state index in [2.05, 4.69) is 41.7 Å². The van der Waals surface area contributed by atoms with E-state index in [1.807, 2.05) is 13.0 Å². The van der Waals surface area contributed by atoms with Gasteiger partial charge < -0.3 is 14.8 Å². The Kier molecular flexibility index (Phi) is 4.12. The first kappa shape index (κ1) is 14.4. The van der Waals surface area contributed by atoms with Crippen molar-refractivity contribution in [3.63, 3.8) is 0 Å². The molecule has 0 fully saturated rings. The molecule has 1 aliphatic heterocycles. The molecule has 0 aliphatic carbocycles. The van der Waals surface area contributed by atoms with Gasteiger partial charge in [0.1, 0.15) is 18.2 Å². The average molecular weight is 304 g/mol. The van der Waals surface area contributed by atoms with Crippen LogP contribution in [0.25, 0.3) is 0 Å². The minimum absolute atomic E-state index is 0.0829. The van der Waals surface area contributed by atoms with Crippen molar-refractivity contribution >= 4 is 11.3 Å². The lowest BCUT2D eigenvalue weighted by atomic mass is 10.1. The number of hydrogen-bond acceptors (Lipinski definition) is 5. The van der Waals surface area contributed by atoms with Crippen molar-refractivity contribution in [2.24, 2.45) is 0 Å². The van der Waals surface area contributed by atoms with Crippen LogP contribution in [0.5, 0.6) is 11.5 Å². The summed E-state index contributed by atoms with van der Waals surface area (Å²) in [7, 11) is 0. The zero-order valence-corrected chi connectivity index (χ0v) is 13.4. The van der Waals surface area contributed by atoms with Crippen molar-refractivity contribution in [3.8, 4) is 11.5 Å². The zero-order chi connectivity index (χ0) is 14.8. The SMILES string of the molecule is Cc1csc(C(NC(C)C)c2ccc3c(c2)OCCO3)n1. The molecule has 1 N–H and O–H groups in total. The number of nitrogens with one attached hydrogen (secondary N) is 1. The lowest BCUT2D eigenvalue weighted by Crippen LogP contribution is -2.29. The highest BCUT2D eigenvalue weighted by Crippen LogP contribution is 2.35.